The fourth-order valence-corrected chi connectivity index (χ4v) is 2.73. The number of nitrogens with zero attached hydrogens (tertiary/aromatic N) is 4. The molecular formula is C17H27BN6O3. The van der Waals surface area contributed by atoms with Crippen molar-refractivity contribution in [1.29, 1.82) is 0 Å². The molecule has 0 radical (unpaired) electrons. The highest BCUT2D eigenvalue weighted by Gasteiger charge is 2.29. The summed E-state index contributed by atoms with van der Waals surface area (Å²) in [5.41, 5.74) is 0.705. The summed E-state index contributed by atoms with van der Waals surface area (Å²) in [6.45, 7) is 4.27. The van der Waals surface area contributed by atoms with Gasteiger partial charge in [0.05, 0.1) is 17.7 Å². The lowest BCUT2D eigenvalue weighted by atomic mass is 9.75. The predicted octanol–water partition coefficient (Wildman–Crippen LogP) is -0.546. The van der Waals surface area contributed by atoms with Gasteiger partial charge in [-0.3, -0.25) is 20.1 Å². The molecule has 2 rings (SSSR count). The van der Waals surface area contributed by atoms with Crippen LogP contribution in [0.3, 0.4) is 0 Å². The van der Waals surface area contributed by atoms with Gasteiger partial charge in [0, 0.05) is 51.0 Å². The van der Waals surface area contributed by atoms with Crippen molar-refractivity contribution in [2.24, 2.45) is 13.0 Å². The first-order valence-electron chi connectivity index (χ1n) is 8.97. The van der Waals surface area contributed by atoms with Crippen molar-refractivity contribution in [3.05, 3.63) is 42.5 Å². The molecule has 146 valence electrons. The van der Waals surface area contributed by atoms with Crippen LogP contribution in [-0.4, -0.2) is 54.6 Å². The van der Waals surface area contributed by atoms with Gasteiger partial charge >= 0.3 is 7.12 Å². The van der Waals surface area contributed by atoms with E-state index in [2.05, 4.69) is 25.6 Å². The first-order chi connectivity index (χ1) is 12.9. The molecule has 9 nitrogen and oxygen atoms in total. The van der Waals surface area contributed by atoms with E-state index in [1.165, 1.54) is 0 Å². The van der Waals surface area contributed by atoms with Gasteiger partial charge in [-0.25, -0.2) is 4.98 Å². The lowest BCUT2D eigenvalue weighted by Crippen LogP contribution is -2.54. The molecule has 2 atom stereocenters. The largest absolute Gasteiger partial charge is 0.475 e. The van der Waals surface area contributed by atoms with E-state index in [9.17, 15) is 14.8 Å². The summed E-state index contributed by atoms with van der Waals surface area (Å²) in [5.74, 6) is -0.107. The first-order valence-corrected chi connectivity index (χ1v) is 8.97. The Balaban J connectivity index is 2.09. The van der Waals surface area contributed by atoms with E-state index in [-0.39, 0.29) is 11.8 Å². The summed E-state index contributed by atoms with van der Waals surface area (Å²) in [6, 6.07) is -0.610. The van der Waals surface area contributed by atoms with Crippen molar-refractivity contribution >= 4 is 13.0 Å². The summed E-state index contributed by atoms with van der Waals surface area (Å²) in [5, 5.41) is 25.1. The number of carbonyl (C=O) groups excluding carboxylic acids is 1. The second-order valence-corrected chi connectivity index (χ2v) is 6.95. The Morgan fingerprint density at radius 2 is 2.04 bits per heavy atom. The van der Waals surface area contributed by atoms with Crippen LogP contribution in [0.5, 0.6) is 0 Å². The van der Waals surface area contributed by atoms with Gasteiger partial charge in [0.15, 0.2) is 0 Å². The van der Waals surface area contributed by atoms with E-state index >= 15 is 0 Å². The van der Waals surface area contributed by atoms with Gasteiger partial charge in [-0.05, 0) is 12.3 Å². The number of nitrogens with one attached hydrogen (secondary N) is 2. The minimum atomic E-state index is -1.62. The van der Waals surface area contributed by atoms with Gasteiger partial charge in [0.2, 0.25) is 5.91 Å². The van der Waals surface area contributed by atoms with Crippen LogP contribution in [0.25, 0.3) is 0 Å². The van der Waals surface area contributed by atoms with Crippen molar-refractivity contribution in [3.63, 3.8) is 0 Å². The van der Waals surface area contributed by atoms with Gasteiger partial charge in [-0.2, -0.15) is 0 Å². The van der Waals surface area contributed by atoms with Gasteiger partial charge in [0.25, 0.3) is 0 Å². The van der Waals surface area contributed by atoms with Gasteiger partial charge in [-0.1, -0.05) is 13.8 Å². The molecule has 0 unspecified atom stereocenters. The fourth-order valence-electron chi connectivity index (χ4n) is 2.73. The maximum absolute atomic E-state index is 12.8. The maximum atomic E-state index is 12.8. The molecule has 4 N–H and O–H groups in total. The molecular weight excluding hydrogens is 347 g/mol. The van der Waals surface area contributed by atoms with Crippen molar-refractivity contribution in [2.75, 3.05) is 0 Å². The molecule has 27 heavy (non-hydrogen) atoms. The zero-order valence-corrected chi connectivity index (χ0v) is 15.9. The van der Waals surface area contributed by atoms with Crippen LogP contribution < -0.4 is 10.6 Å². The van der Waals surface area contributed by atoms with Gasteiger partial charge in [0.1, 0.15) is 5.82 Å². The molecule has 0 aliphatic heterocycles. The number of aryl methyl sites for hydroxylation is 1. The maximum Gasteiger partial charge on any atom is 0.475 e. The minimum absolute atomic E-state index is 0.206. The zero-order chi connectivity index (χ0) is 19.8. The summed E-state index contributed by atoms with van der Waals surface area (Å²) in [7, 11) is 0.240. The van der Waals surface area contributed by atoms with Crippen LogP contribution in [0.15, 0.2) is 31.0 Å². The topological polar surface area (TPSA) is 125 Å². The quantitative estimate of drug-likeness (QED) is 0.412. The standard InChI is InChI=1S/C17H27BN6O3/c1-12(2)8-15(18(26)27)23-17(25)14(9-16-21-6-7-24(16)3)22-11-13-10-19-4-5-20-13/h4-7,10,12,14-15,22,26-27H,8-9,11H2,1-3H3,(H,23,25)/t14-,15-/m0/s1. The van der Waals surface area contributed by atoms with Crippen molar-refractivity contribution in [2.45, 2.75) is 45.2 Å². The normalized spacial score (nSPS) is 13.4. The molecule has 0 fully saturated rings. The average molecular weight is 374 g/mol. The van der Waals surface area contributed by atoms with Crippen LogP contribution in [0.2, 0.25) is 0 Å². The summed E-state index contributed by atoms with van der Waals surface area (Å²) >= 11 is 0. The van der Waals surface area contributed by atoms with Crippen molar-refractivity contribution in [1.82, 2.24) is 30.2 Å². The molecule has 0 saturated heterocycles. The molecule has 0 spiro atoms. The molecule has 0 bridgehead atoms. The van der Waals surface area contributed by atoms with Crippen LogP contribution >= 0.6 is 0 Å². The van der Waals surface area contributed by atoms with E-state index in [4.69, 9.17) is 0 Å². The number of imidazole rings is 1. The molecule has 2 heterocycles. The summed E-state index contributed by atoms with van der Waals surface area (Å²) in [4.78, 5) is 25.3. The number of rotatable bonds is 10. The Morgan fingerprint density at radius 3 is 2.59 bits per heavy atom. The average Bonchev–Trinajstić information content (AvgIpc) is 3.03. The molecule has 10 heteroatoms. The van der Waals surface area contributed by atoms with E-state index in [0.29, 0.717) is 25.1 Å². The third-order valence-corrected chi connectivity index (χ3v) is 4.18. The second-order valence-electron chi connectivity index (χ2n) is 6.95. The molecule has 2 aromatic rings. The van der Waals surface area contributed by atoms with E-state index in [1.807, 2.05) is 31.7 Å². The van der Waals surface area contributed by atoms with Gasteiger partial charge < -0.3 is 19.9 Å². The second kappa shape index (κ2) is 10.1. The molecule has 2 aromatic heterocycles. The highest BCUT2D eigenvalue weighted by Crippen LogP contribution is 2.08. The molecule has 0 aliphatic rings. The Morgan fingerprint density at radius 1 is 1.26 bits per heavy atom. The summed E-state index contributed by atoms with van der Waals surface area (Å²) < 4.78 is 1.84. The van der Waals surface area contributed by atoms with E-state index < -0.39 is 19.1 Å². The molecule has 0 aliphatic carbocycles. The number of aromatic nitrogens is 4. The molecule has 0 saturated carbocycles. The smallest absolute Gasteiger partial charge is 0.426 e. The lowest BCUT2D eigenvalue weighted by molar-refractivity contribution is -0.123. The zero-order valence-electron chi connectivity index (χ0n) is 15.9. The van der Waals surface area contributed by atoms with Gasteiger partial charge in [-0.15, -0.1) is 0 Å². The SMILES string of the molecule is CC(C)C[C@H](NC(=O)[C@H](Cc1nccn1C)NCc1cnccn1)B(O)O. The number of carbonyl (C=O) groups is 1. The third kappa shape index (κ3) is 6.74. The third-order valence-electron chi connectivity index (χ3n) is 4.18. The summed E-state index contributed by atoms with van der Waals surface area (Å²) in [6.07, 6.45) is 9.10. The Bertz CT molecular complexity index is 710. The van der Waals surface area contributed by atoms with Crippen molar-refractivity contribution < 1.29 is 14.8 Å². The van der Waals surface area contributed by atoms with Crippen LogP contribution in [0, 0.1) is 5.92 Å². The van der Waals surface area contributed by atoms with Crippen LogP contribution in [-0.2, 0) is 24.8 Å². The highest BCUT2D eigenvalue weighted by molar-refractivity contribution is 6.43. The van der Waals surface area contributed by atoms with E-state index in [0.717, 1.165) is 5.82 Å². The highest BCUT2D eigenvalue weighted by atomic mass is 16.4. The monoisotopic (exact) mass is 374 g/mol. The minimum Gasteiger partial charge on any atom is -0.426 e. The predicted molar refractivity (Wildman–Crippen MR) is 101 cm³/mol. The van der Waals surface area contributed by atoms with Crippen LogP contribution in [0.4, 0.5) is 0 Å². The first kappa shape index (κ1) is 21.0. The van der Waals surface area contributed by atoms with Crippen LogP contribution in [0.1, 0.15) is 31.8 Å². The number of hydrogen-bond acceptors (Lipinski definition) is 7. The lowest BCUT2D eigenvalue weighted by Gasteiger charge is -2.24. The Kier molecular flexibility index (Phi) is 7.90. The molecule has 1 amide bonds. The Hall–Kier alpha value is -2.30. The number of amides is 1. The van der Waals surface area contributed by atoms with E-state index in [1.54, 1.807) is 24.8 Å². The number of hydrogen-bond donors (Lipinski definition) is 4. The fraction of sp³-hybridized carbons (Fsp3) is 0.529. The van der Waals surface area contributed by atoms with Crippen molar-refractivity contribution in [3.8, 4) is 0 Å². The Labute approximate surface area is 159 Å². The molecule has 0 aromatic carbocycles.